The smallest absolute Gasteiger partial charge is 0.356 e. The van der Waals surface area contributed by atoms with Gasteiger partial charge in [0.2, 0.25) is 0 Å². The predicted molar refractivity (Wildman–Crippen MR) is 129 cm³/mol. The third kappa shape index (κ3) is 4.65. The second-order valence-electron chi connectivity index (χ2n) is 9.49. The Morgan fingerprint density at radius 1 is 1.15 bits per heavy atom. The highest BCUT2D eigenvalue weighted by atomic mass is 16.5. The lowest BCUT2D eigenvalue weighted by Crippen LogP contribution is -2.51. The zero-order valence-electron chi connectivity index (χ0n) is 19.8. The predicted octanol–water partition coefficient (Wildman–Crippen LogP) is 3.91. The molecule has 1 aromatic carbocycles. The van der Waals surface area contributed by atoms with Crippen LogP contribution in [-0.4, -0.2) is 60.1 Å². The summed E-state index contributed by atoms with van der Waals surface area (Å²) in [5.74, 6) is 0.0571. The summed E-state index contributed by atoms with van der Waals surface area (Å²) in [6.45, 7) is 7.57. The molecule has 2 heterocycles. The minimum Gasteiger partial charge on any atom is -0.356 e. The maximum Gasteiger partial charge on any atom is 0.423 e. The molecule has 1 aliphatic carbocycles. The minimum atomic E-state index is -0.416. The first kappa shape index (κ1) is 23.4. The fourth-order valence-corrected chi connectivity index (χ4v) is 5.76. The highest BCUT2D eigenvalue weighted by molar-refractivity contribution is 6.21. The first-order valence-corrected chi connectivity index (χ1v) is 12.3. The van der Waals surface area contributed by atoms with Crippen molar-refractivity contribution in [2.24, 2.45) is 0 Å². The number of piperidine rings is 2. The number of nitrogens with one attached hydrogen (secondary N) is 1. The average molecular weight is 450 g/mol. The number of ether oxygens (including phenoxy) is 1. The molecule has 2 saturated heterocycles. The maximum atomic E-state index is 13.2. The van der Waals surface area contributed by atoms with Gasteiger partial charge in [0.05, 0.1) is 0 Å². The number of benzene rings is 1. The van der Waals surface area contributed by atoms with Crippen LogP contribution in [0.3, 0.4) is 0 Å². The summed E-state index contributed by atoms with van der Waals surface area (Å²) in [4.78, 5) is 29.3. The van der Waals surface area contributed by atoms with E-state index in [2.05, 4.69) is 53.1 Å². The third-order valence-corrected chi connectivity index (χ3v) is 7.82. The normalized spacial score (nSPS) is 20.3. The molecule has 0 unspecified atom stereocenters. The van der Waals surface area contributed by atoms with E-state index >= 15 is 0 Å². The number of rotatable bonds is 5. The standard InChI is InChI=1S/C27H35N3O3/c1-4-20(5-2)28-25(31)23-19-27(24-10-8-7-9-22(23)24)13-17-29(18-14-27)21-11-15-30(16-12-21)26(32)33-6-3/h3,7-10,19-21H,4-5,11-18H2,1-2H3,(H,28,31). The van der Waals surface area contributed by atoms with Gasteiger partial charge in [-0.3, -0.25) is 4.79 Å². The van der Waals surface area contributed by atoms with E-state index in [1.807, 2.05) is 12.2 Å². The van der Waals surface area contributed by atoms with Crippen molar-refractivity contribution in [2.45, 2.75) is 69.9 Å². The Labute approximate surface area is 197 Å². The Kier molecular flexibility index (Phi) is 7.09. The monoisotopic (exact) mass is 449 g/mol. The van der Waals surface area contributed by atoms with Crippen LogP contribution >= 0.6 is 0 Å². The Morgan fingerprint density at radius 3 is 2.45 bits per heavy atom. The summed E-state index contributed by atoms with van der Waals surface area (Å²) < 4.78 is 4.69. The molecule has 3 aliphatic rings. The minimum absolute atomic E-state index is 0.0571. The quantitative estimate of drug-likeness (QED) is 0.693. The molecule has 2 amide bonds. The lowest BCUT2D eigenvalue weighted by molar-refractivity contribution is -0.116. The number of nitrogens with zero attached hydrogens (tertiary/aromatic N) is 2. The Balaban J connectivity index is 1.43. The number of carbonyl (C=O) groups is 2. The molecule has 1 spiro atoms. The van der Waals surface area contributed by atoms with Gasteiger partial charge >= 0.3 is 6.09 Å². The van der Waals surface area contributed by atoms with Crippen LogP contribution < -0.4 is 5.32 Å². The molecule has 0 radical (unpaired) electrons. The van der Waals surface area contributed by atoms with Crippen LogP contribution in [0.4, 0.5) is 4.79 Å². The fourth-order valence-electron chi connectivity index (χ4n) is 5.76. The van der Waals surface area contributed by atoms with Crippen molar-refractivity contribution in [1.29, 1.82) is 0 Å². The number of hydrogen-bond donors (Lipinski definition) is 1. The van der Waals surface area contributed by atoms with Crippen molar-refractivity contribution in [3.8, 4) is 12.5 Å². The zero-order valence-corrected chi connectivity index (χ0v) is 19.8. The number of terminal acetylenes is 1. The Bertz CT molecular complexity index is 944. The van der Waals surface area contributed by atoms with Gasteiger partial charge < -0.3 is 19.9 Å². The molecule has 4 rings (SSSR count). The zero-order chi connectivity index (χ0) is 23.4. The van der Waals surface area contributed by atoms with Crippen LogP contribution in [0.15, 0.2) is 30.3 Å². The lowest BCUT2D eigenvalue weighted by Gasteiger charge is -2.44. The molecule has 0 atom stereocenters. The first-order chi connectivity index (χ1) is 16.0. The van der Waals surface area contributed by atoms with Gasteiger partial charge in [-0.2, -0.15) is 0 Å². The second-order valence-corrected chi connectivity index (χ2v) is 9.49. The molecule has 176 valence electrons. The molecular weight excluding hydrogens is 414 g/mol. The molecule has 2 fully saturated rings. The van der Waals surface area contributed by atoms with Gasteiger partial charge in [-0.1, -0.05) is 50.6 Å². The number of hydrogen-bond acceptors (Lipinski definition) is 4. The second kappa shape index (κ2) is 10.0. The number of allylic oxidation sites excluding steroid dienone is 1. The molecule has 0 bridgehead atoms. The van der Waals surface area contributed by atoms with E-state index in [1.54, 1.807) is 4.90 Å². The summed E-state index contributed by atoms with van der Waals surface area (Å²) in [7, 11) is 0. The summed E-state index contributed by atoms with van der Waals surface area (Å²) in [6, 6.07) is 9.11. The van der Waals surface area contributed by atoms with Gasteiger partial charge in [0, 0.05) is 36.2 Å². The van der Waals surface area contributed by atoms with Crippen molar-refractivity contribution >= 4 is 17.6 Å². The summed E-state index contributed by atoms with van der Waals surface area (Å²) >= 11 is 0. The number of fused-ring (bicyclic) bond motifs is 2. The van der Waals surface area contributed by atoms with Gasteiger partial charge in [0.25, 0.3) is 5.91 Å². The van der Waals surface area contributed by atoms with E-state index in [0.717, 1.165) is 62.8 Å². The SMILES string of the molecule is C#COC(=O)N1CCC(N2CCC3(C=C(C(=O)NC(CC)CC)c4ccccc43)CC2)CC1. The van der Waals surface area contributed by atoms with Gasteiger partial charge in [0.1, 0.15) is 6.11 Å². The van der Waals surface area contributed by atoms with E-state index in [1.165, 1.54) is 5.56 Å². The van der Waals surface area contributed by atoms with Crippen molar-refractivity contribution in [1.82, 2.24) is 15.1 Å². The molecule has 0 aromatic heterocycles. The molecule has 0 saturated carbocycles. The summed E-state index contributed by atoms with van der Waals surface area (Å²) in [5.41, 5.74) is 3.16. The molecular formula is C27H35N3O3. The average Bonchev–Trinajstić information content (AvgIpc) is 3.17. The van der Waals surface area contributed by atoms with Gasteiger partial charge in [-0.05, 0) is 62.7 Å². The Hall–Kier alpha value is -2.78. The topological polar surface area (TPSA) is 61.9 Å². The van der Waals surface area contributed by atoms with Crippen LogP contribution in [0.25, 0.3) is 5.57 Å². The number of amides is 2. The van der Waals surface area contributed by atoms with E-state index in [0.29, 0.717) is 19.1 Å². The molecule has 1 aromatic rings. The summed E-state index contributed by atoms with van der Waals surface area (Å²) in [5, 5.41) is 3.23. The number of carbonyl (C=O) groups excluding carboxylic acids is 2. The van der Waals surface area contributed by atoms with E-state index < -0.39 is 6.09 Å². The van der Waals surface area contributed by atoms with Crippen LogP contribution in [0, 0.1) is 12.5 Å². The summed E-state index contributed by atoms with van der Waals surface area (Å²) in [6.07, 6.45) is 14.6. The van der Waals surface area contributed by atoms with Crippen LogP contribution in [0.1, 0.15) is 63.5 Å². The van der Waals surface area contributed by atoms with Crippen LogP contribution in [0.2, 0.25) is 0 Å². The molecule has 6 heteroatoms. The lowest BCUT2D eigenvalue weighted by atomic mass is 9.74. The first-order valence-electron chi connectivity index (χ1n) is 12.3. The highest BCUT2D eigenvalue weighted by Crippen LogP contribution is 2.47. The largest absolute Gasteiger partial charge is 0.423 e. The van der Waals surface area contributed by atoms with Crippen molar-refractivity contribution in [3.63, 3.8) is 0 Å². The van der Waals surface area contributed by atoms with Crippen LogP contribution in [-0.2, 0) is 14.9 Å². The van der Waals surface area contributed by atoms with Gasteiger partial charge in [0.15, 0.2) is 0 Å². The van der Waals surface area contributed by atoms with Crippen molar-refractivity contribution < 1.29 is 14.3 Å². The van der Waals surface area contributed by atoms with Crippen molar-refractivity contribution in [2.75, 3.05) is 26.2 Å². The Morgan fingerprint density at radius 2 is 1.82 bits per heavy atom. The fraction of sp³-hybridized carbons (Fsp3) is 0.556. The third-order valence-electron chi connectivity index (χ3n) is 7.82. The van der Waals surface area contributed by atoms with Crippen LogP contribution in [0.5, 0.6) is 0 Å². The van der Waals surface area contributed by atoms with E-state index in [-0.39, 0.29) is 17.4 Å². The molecule has 6 nitrogen and oxygen atoms in total. The van der Waals surface area contributed by atoms with E-state index in [9.17, 15) is 9.59 Å². The van der Waals surface area contributed by atoms with Gasteiger partial charge in [-0.25, -0.2) is 4.79 Å². The molecule has 2 aliphatic heterocycles. The maximum absolute atomic E-state index is 13.2. The molecule has 1 N–H and O–H groups in total. The molecule has 33 heavy (non-hydrogen) atoms. The van der Waals surface area contributed by atoms with Gasteiger partial charge in [-0.15, -0.1) is 0 Å². The van der Waals surface area contributed by atoms with E-state index in [4.69, 9.17) is 6.42 Å². The van der Waals surface area contributed by atoms with Crippen molar-refractivity contribution in [3.05, 3.63) is 41.5 Å². The number of likely N-dealkylation sites (tertiary alicyclic amines) is 2. The highest BCUT2D eigenvalue weighted by Gasteiger charge is 2.43.